The molecule has 0 amide bonds. The molecule has 1 saturated heterocycles. The molecule has 2 aromatic rings. The first-order valence-corrected chi connectivity index (χ1v) is 8.63. The monoisotopic (exact) mass is 313 g/mol. The van der Waals surface area contributed by atoms with E-state index in [1.165, 1.54) is 6.42 Å². The van der Waals surface area contributed by atoms with E-state index in [1.807, 2.05) is 24.3 Å². The number of nitrogens with zero attached hydrogens (tertiary/aromatic N) is 1. The zero-order valence-electron chi connectivity index (χ0n) is 14.1. The average Bonchev–Trinajstić information content (AvgIpc) is 2.52. The SMILES string of the molecule is C[C@@H]1C[C@H](C)CN(C[C@H](O)COc2cccc3ccccc23)C1. The Morgan fingerprint density at radius 2 is 1.78 bits per heavy atom. The van der Waals surface area contributed by atoms with Gasteiger partial charge in [0, 0.05) is 25.0 Å². The molecular formula is C20H27NO2. The molecule has 2 aromatic carbocycles. The van der Waals surface area contributed by atoms with E-state index in [1.54, 1.807) is 0 Å². The molecule has 0 spiro atoms. The molecule has 3 heteroatoms. The van der Waals surface area contributed by atoms with Gasteiger partial charge in [0.25, 0.3) is 0 Å². The molecule has 23 heavy (non-hydrogen) atoms. The first-order chi connectivity index (χ1) is 11.1. The number of piperidine rings is 1. The summed E-state index contributed by atoms with van der Waals surface area (Å²) in [6.07, 6.45) is 0.838. The largest absolute Gasteiger partial charge is 0.490 e. The van der Waals surface area contributed by atoms with E-state index in [-0.39, 0.29) is 0 Å². The summed E-state index contributed by atoms with van der Waals surface area (Å²) in [6, 6.07) is 14.2. The maximum absolute atomic E-state index is 10.3. The van der Waals surface area contributed by atoms with Crippen molar-refractivity contribution in [3.05, 3.63) is 42.5 Å². The van der Waals surface area contributed by atoms with Gasteiger partial charge in [-0.1, -0.05) is 50.2 Å². The van der Waals surface area contributed by atoms with Gasteiger partial charge >= 0.3 is 0 Å². The lowest BCUT2D eigenvalue weighted by atomic mass is 9.92. The van der Waals surface area contributed by atoms with E-state index in [2.05, 4.69) is 36.9 Å². The van der Waals surface area contributed by atoms with E-state index >= 15 is 0 Å². The van der Waals surface area contributed by atoms with Crippen LogP contribution in [0.2, 0.25) is 0 Å². The number of aliphatic hydroxyl groups is 1. The van der Waals surface area contributed by atoms with Crippen molar-refractivity contribution in [3.8, 4) is 5.75 Å². The molecule has 1 aliphatic rings. The highest BCUT2D eigenvalue weighted by Gasteiger charge is 2.23. The topological polar surface area (TPSA) is 32.7 Å². The normalized spacial score (nSPS) is 23.8. The molecule has 1 heterocycles. The molecule has 124 valence electrons. The summed E-state index contributed by atoms with van der Waals surface area (Å²) in [4.78, 5) is 2.37. The van der Waals surface area contributed by atoms with Gasteiger partial charge in [0.1, 0.15) is 18.5 Å². The molecule has 1 fully saturated rings. The van der Waals surface area contributed by atoms with Crippen molar-refractivity contribution in [3.63, 3.8) is 0 Å². The van der Waals surface area contributed by atoms with Gasteiger partial charge in [0.2, 0.25) is 0 Å². The van der Waals surface area contributed by atoms with Gasteiger partial charge in [-0.3, -0.25) is 0 Å². The summed E-state index contributed by atoms with van der Waals surface area (Å²) in [5, 5.41) is 12.6. The number of aliphatic hydroxyl groups excluding tert-OH is 1. The van der Waals surface area contributed by atoms with Gasteiger partial charge in [0.15, 0.2) is 0 Å². The smallest absolute Gasteiger partial charge is 0.127 e. The van der Waals surface area contributed by atoms with Crippen LogP contribution < -0.4 is 4.74 Å². The van der Waals surface area contributed by atoms with Crippen LogP contribution in [0.1, 0.15) is 20.3 Å². The molecule has 0 radical (unpaired) electrons. The lowest BCUT2D eigenvalue weighted by Crippen LogP contribution is -2.44. The van der Waals surface area contributed by atoms with E-state index in [9.17, 15) is 5.11 Å². The van der Waals surface area contributed by atoms with Crippen LogP contribution in [-0.2, 0) is 0 Å². The fraction of sp³-hybridized carbons (Fsp3) is 0.500. The van der Waals surface area contributed by atoms with Crippen molar-refractivity contribution in [1.82, 2.24) is 4.90 Å². The third-order valence-corrected chi connectivity index (χ3v) is 4.59. The number of ether oxygens (including phenoxy) is 1. The van der Waals surface area contributed by atoms with Gasteiger partial charge < -0.3 is 14.7 Å². The van der Waals surface area contributed by atoms with Crippen molar-refractivity contribution < 1.29 is 9.84 Å². The molecule has 0 unspecified atom stereocenters. The van der Waals surface area contributed by atoms with E-state index in [4.69, 9.17) is 4.74 Å². The molecule has 3 atom stereocenters. The number of hydrogen-bond donors (Lipinski definition) is 1. The van der Waals surface area contributed by atoms with E-state index in [0.29, 0.717) is 25.0 Å². The number of β-amino-alcohol motifs (C(OH)–C–C–N with tert-alkyl or cyclic N) is 1. The summed E-state index contributed by atoms with van der Waals surface area (Å²) in [5.74, 6) is 2.28. The molecule has 1 aliphatic heterocycles. The van der Waals surface area contributed by atoms with Crippen LogP contribution in [0.3, 0.4) is 0 Å². The number of benzene rings is 2. The maximum atomic E-state index is 10.3. The van der Waals surface area contributed by atoms with Gasteiger partial charge in [0.05, 0.1) is 0 Å². The zero-order chi connectivity index (χ0) is 16.2. The van der Waals surface area contributed by atoms with Crippen molar-refractivity contribution >= 4 is 10.8 Å². The predicted octanol–water partition coefficient (Wildman–Crippen LogP) is 3.56. The van der Waals surface area contributed by atoms with Gasteiger partial charge in [-0.2, -0.15) is 0 Å². The second kappa shape index (κ2) is 7.33. The molecule has 3 nitrogen and oxygen atoms in total. The molecule has 0 bridgehead atoms. The highest BCUT2D eigenvalue weighted by Crippen LogP contribution is 2.25. The lowest BCUT2D eigenvalue weighted by Gasteiger charge is -2.35. The first-order valence-electron chi connectivity index (χ1n) is 8.63. The minimum atomic E-state index is -0.452. The Morgan fingerprint density at radius 1 is 1.09 bits per heavy atom. The highest BCUT2D eigenvalue weighted by molar-refractivity contribution is 5.88. The fourth-order valence-electron chi connectivity index (χ4n) is 3.80. The molecule has 3 rings (SSSR count). The molecule has 1 N–H and O–H groups in total. The lowest BCUT2D eigenvalue weighted by molar-refractivity contribution is 0.0432. The van der Waals surface area contributed by atoms with Crippen LogP contribution >= 0.6 is 0 Å². The van der Waals surface area contributed by atoms with Crippen LogP contribution in [0, 0.1) is 11.8 Å². The van der Waals surface area contributed by atoms with Crippen LogP contribution in [0.15, 0.2) is 42.5 Å². The summed E-state index contributed by atoms with van der Waals surface area (Å²) in [5.41, 5.74) is 0. The summed E-state index contributed by atoms with van der Waals surface area (Å²) in [7, 11) is 0. The third-order valence-electron chi connectivity index (χ3n) is 4.59. The first kappa shape index (κ1) is 16.3. The maximum Gasteiger partial charge on any atom is 0.127 e. The van der Waals surface area contributed by atoms with Crippen LogP contribution in [-0.4, -0.2) is 42.4 Å². The second-order valence-electron chi connectivity index (χ2n) is 7.11. The Labute approximate surface area is 138 Å². The fourth-order valence-corrected chi connectivity index (χ4v) is 3.80. The number of fused-ring (bicyclic) bond motifs is 1. The Morgan fingerprint density at radius 3 is 2.57 bits per heavy atom. The summed E-state index contributed by atoms with van der Waals surface area (Å²) >= 11 is 0. The highest BCUT2D eigenvalue weighted by atomic mass is 16.5. The molecule has 0 saturated carbocycles. The van der Waals surface area contributed by atoms with Gasteiger partial charge in [-0.25, -0.2) is 0 Å². The van der Waals surface area contributed by atoms with Crippen molar-refractivity contribution in [2.75, 3.05) is 26.2 Å². The Hall–Kier alpha value is -1.58. The quantitative estimate of drug-likeness (QED) is 0.916. The summed E-state index contributed by atoms with van der Waals surface area (Å²) in [6.45, 7) is 7.78. The Bertz CT molecular complexity index is 627. The standard InChI is InChI=1S/C20H27NO2/c1-15-10-16(2)12-21(11-15)13-18(22)14-23-20-9-5-7-17-6-3-4-8-19(17)20/h3-9,15-16,18,22H,10-14H2,1-2H3/t15-,16+,18-/m0/s1. The van der Waals surface area contributed by atoms with Crippen molar-refractivity contribution in [2.24, 2.45) is 11.8 Å². The van der Waals surface area contributed by atoms with E-state index < -0.39 is 6.10 Å². The number of likely N-dealkylation sites (tertiary alicyclic amines) is 1. The Kier molecular flexibility index (Phi) is 5.19. The van der Waals surface area contributed by atoms with Crippen LogP contribution in [0.5, 0.6) is 5.75 Å². The van der Waals surface area contributed by atoms with Crippen LogP contribution in [0.25, 0.3) is 10.8 Å². The number of hydrogen-bond acceptors (Lipinski definition) is 3. The third kappa shape index (κ3) is 4.24. The molecule has 0 aliphatic carbocycles. The van der Waals surface area contributed by atoms with Gasteiger partial charge in [-0.05, 0) is 29.7 Å². The average molecular weight is 313 g/mol. The van der Waals surface area contributed by atoms with E-state index in [0.717, 1.165) is 29.6 Å². The molecular weight excluding hydrogens is 286 g/mol. The van der Waals surface area contributed by atoms with Crippen molar-refractivity contribution in [1.29, 1.82) is 0 Å². The number of rotatable bonds is 5. The van der Waals surface area contributed by atoms with Gasteiger partial charge in [-0.15, -0.1) is 0 Å². The van der Waals surface area contributed by atoms with Crippen LogP contribution in [0.4, 0.5) is 0 Å². The second-order valence-corrected chi connectivity index (χ2v) is 7.11. The molecule has 0 aromatic heterocycles. The Balaban J connectivity index is 1.57. The van der Waals surface area contributed by atoms with Crippen molar-refractivity contribution in [2.45, 2.75) is 26.4 Å². The minimum absolute atomic E-state index is 0.341. The predicted molar refractivity (Wildman–Crippen MR) is 94.8 cm³/mol. The summed E-state index contributed by atoms with van der Waals surface area (Å²) < 4.78 is 5.90. The zero-order valence-corrected chi connectivity index (χ0v) is 14.1. The minimum Gasteiger partial charge on any atom is -0.490 e.